The van der Waals surface area contributed by atoms with Gasteiger partial charge in [0, 0.05) is 12.3 Å². The molecule has 0 aliphatic heterocycles. The number of aromatic amines is 1. The van der Waals surface area contributed by atoms with E-state index in [0.717, 1.165) is 12.3 Å². The van der Waals surface area contributed by atoms with E-state index in [1.165, 1.54) is 12.1 Å². The van der Waals surface area contributed by atoms with Crippen LogP contribution in [0.2, 0.25) is 0 Å². The maximum Gasteiger partial charge on any atom is 0.371 e. The van der Waals surface area contributed by atoms with Crippen molar-refractivity contribution < 1.29 is 28.2 Å². The monoisotopic (exact) mass is 321 g/mol. The zero-order chi connectivity index (χ0) is 16.3. The van der Waals surface area contributed by atoms with Crippen LogP contribution in [0, 0.1) is 0 Å². The summed E-state index contributed by atoms with van der Waals surface area (Å²) in [6, 6.07) is 8.72. The molecule has 0 spiro atoms. The lowest BCUT2D eigenvalue weighted by Gasteiger charge is -2.00. The number of nitrogens with one attached hydrogen (secondary N) is 1. The zero-order valence-corrected chi connectivity index (χ0v) is 11.9. The second-order valence-electron chi connectivity index (χ2n) is 4.26. The molecule has 0 amide bonds. The molecule has 0 fully saturated rings. The van der Waals surface area contributed by atoms with Gasteiger partial charge in [0.2, 0.25) is 21.4 Å². The predicted molar refractivity (Wildman–Crippen MR) is 75.4 cm³/mol. The SMILES string of the molecule is O=C(O)/C(O)=C/C(=O)c1cc(S(=O)(=O)c2ccccc2)c[nH]1. The largest absolute Gasteiger partial charge is 0.502 e. The first-order valence-corrected chi connectivity index (χ1v) is 7.47. The van der Waals surface area contributed by atoms with Crippen LogP contribution >= 0.6 is 0 Å². The highest BCUT2D eigenvalue weighted by Crippen LogP contribution is 2.21. The number of aliphatic carboxylic acids is 1. The molecule has 0 radical (unpaired) electrons. The normalized spacial score (nSPS) is 12.1. The Balaban J connectivity index is 2.35. The molecule has 7 nitrogen and oxygen atoms in total. The van der Waals surface area contributed by atoms with Crippen LogP contribution < -0.4 is 0 Å². The summed E-state index contributed by atoms with van der Waals surface area (Å²) in [6.45, 7) is 0. The fourth-order valence-electron chi connectivity index (χ4n) is 1.67. The highest BCUT2D eigenvalue weighted by atomic mass is 32.2. The summed E-state index contributed by atoms with van der Waals surface area (Å²) in [6.07, 6.45) is 1.62. The number of carbonyl (C=O) groups is 2. The summed E-state index contributed by atoms with van der Waals surface area (Å²) in [5.41, 5.74) is -0.151. The van der Waals surface area contributed by atoms with Crippen molar-refractivity contribution in [1.29, 1.82) is 0 Å². The Bertz CT molecular complexity index is 848. The van der Waals surface area contributed by atoms with E-state index in [9.17, 15) is 18.0 Å². The fraction of sp³-hybridized carbons (Fsp3) is 0. The maximum atomic E-state index is 12.3. The van der Waals surface area contributed by atoms with Gasteiger partial charge in [-0.1, -0.05) is 18.2 Å². The molecule has 1 aromatic carbocycles. The summed E-state index contributed by atoms with van der Waals surface area (Å²) in [7, 11) is -3.78. The number of aliphatic hydroxyl groups excluding tert-OH is 1. The summed E-state index contributed by atoms with van der Waals surface area (Å²) in [5, 5.41) is 17.5. The van der Waals surface area contributed by atoms with Gasteiger partial charge in [-0.25, -0.2) is 13.2 Å². The Hall–Kier alpha value is -2.87. The van der Waals surface area contributed by atoms with E-state index in [2.05, 4.69) is 4.98 Å². The van der Waals surface area contributed by atoms with Crippen molar-refractivity contribution >= 4 is 21.6 Å². The summed E-state index contributed by atoms with van der Waals surface area (Å²) < 4.78 is 24.6. The molecule has 3 N–H and O–H groups in total. The average molecular weight is 321 g/mol. The highest BCUT2D eigenvalue weighted by Gasteiger charge is 2.20. The smallest absolute Gasteiger partial charge is 0.371 e. The molecule has 0 aliphatic rings. The first-order valence-electron chi connectivity index (χ1n) is 5.99. The third-order valence-corrected chi connectivity index (χ3v) is 4.52. The van der Waals surface area contributed by atoms with Gasteiger partial charge in [-0.2, -0.15) is 0 Å². The van der Waals surface area contributed by atoms with Gasteiger partial charge >= 0.3 is 5.97 Å². The van der Waals surface area contributed by atoms with Gasteiger partial charge in [-0.3, -0.25) is 4.79 Å². The molecule has 1 aromatic heterocycles. The molecule has 1 heterocycles. The Labute approximate surface area is 125 Å². The van der Waals surface area contributed by atoms with Gasteiger partial charge in [0.1, 0.15) is 0 Å². The van der Waals surface area contributed by atoms with E-state index in [-0.39, 0.29) is 15.5 Å². The first-order chi connectivity index (χ1) is 10.3. The molecule has 0 unspecified atom stereocenters. The number of hydrogen-bond acceptors (Lipinski definition) is 5. The number of allylic oxidation sites excluding steroid dienone is 1. The number of rotatable bonds is 5. The minimum Gasteiger partial charge on any atom is -0.502 e. The Morgan fingerprint density at radius 2 is 1.68 bits per heavy atom. The molecule has 0 atom stereocenters. The van der Waals surface area contributed by atoms with E-state index in [1.807, 2.05) is 0 Å². The van der Waals surface area contributed by atoms with Gasteiger partial charge < -0.3 is 15.2 Å². The Morgan fingerprint density at radius 3 is 2.27 bits per heavy atom. The number of H-pyrrole nitrogens is 1. The van der Waals surface area contributed by atoms with Crippen LogP contribution in [-0.2, 0) is 14.6 Å². The number of carbonyl (C=O) groups excluding carboxylic acids is 1. The third kappa shape index (κ3) is 3.07. The van der Waals surface area contributed by atoms with E-state index < -0.39 is 27.3 Å². The standard InChI is InChI=1S/C14H11NO6S/c16-12(7-13(17)14(18)19)11-6-10(8-15-11)22(20,21)9-4-2-1-3-5-9/h1-8,15,17H,(H,18,19)/b13-7-. The number of carboxylic acid groups (broad SMARTS) is 1. The van der Waals surface area contributed by atoms with Crippen molar-refractivity contribution in [2.24, 2.45) is 0 Å². The Kier molecular flexibility index (Phi) is 4.13. The van der Waals surface area contributed by atoms with Crippen molar-refractivity contribution in [3.05, 3.63) is 60.1 Å². The van der Waals surface area contributed by atoms with Crippen LogP contribution in [0.25, 0.3) is 0 Å². The predicted octanol–water partition coefficient (Wildman–Crippen LogP) is 1.56. The molecule has 0 bridgehead atoms. The minimum absolute atomic E-state index is 0.0666. The van der Waals surface area contributed by atoms with E-state index in [1.54, 1.807) is 18.2 Å². The van der Waals surface area contributed by atoms with Crippen molar-refractivity contribution in [2.75, 3.05) is 0 Å². The van der Waals surface area contributed by atoms with Gasteiger partial charge in [0.15, 0.2) is 0 Å². The summed E-state index contributed by atoms with van der Waals surface area (Å²) in [5.74, 6) is -3.64. The third-order valence-electron chi connectivity index (χ3n) is 2.77. The van der Waals surface area contributed by atoms with E-state index in [0.29, 0.717) is 6.08 Å². The number of sulfone groups is 1. The number of carboxylic acids is 1. The molecule has 0 saturated carbocycles. The topological polar surface area (TPSA) is 125 Å². The Morgan fingerprint density at radius 1 is 1.05 bits per heavy atom. The quantitative estimate of drug-likeness (QED) is 0.436. The second-order valence-corrected chi connectivity index (χ2v) is 6.21. The lowest BCUT2D eigenvalue weighted by atomic mass is 10.2. The van der Waals surface area contributed by atoms with Crippen LogP contribution in [0.3, 0.4) is 0 Å². The summed E-state index contributed by atoms with van der Waals surface area (Å²) in [4.78, 5) is 24.5. The number of aliphatic hydroxyl groups is 1. The second kappa shape index (κ2) is 5.86. The highest BCUT2D eigenvalue weighted by molar-refractivity contribution is 7.91. The van der Waals surface area contributed by atoms with Crippen LogP contribution in [-0.4, -0.2) is 35.4 Å². The van der Waals surface area contributed by atoms with Crippen LogP contribution in [0.5, 0.6) is 0 Å². The average Bonchev–Trinajstić information content (AvgIpc) is 2.98. The minimum atomic E-state index is -3.78. The van der Waals surface area contributed by atoms with E-state index >= 15 is 0 Å². The molecule has 114 valence electrons. The van der Waals surface area contributed by atoms with Crippen molar-refractivity contribution in [1.82, 2.24) is 4.98 Å². The molecule has 0 aliphatic carbocycles. The zero-order valence-electron chi connectivity index (χ0n) is 11.1. The molecule has 8 heteroatoms. The number of aromatic nitrogens is 1. The van der Waals surface area contributed by atoms with Gasteiger partial charge in [-0.05, 0) is 18.2 Å². The molecule has 2 aromatic rings. The van der Waals surface area contributed by atoms with Gasteiger partial charge in [0.25, 0.3) is 0 Å². The van der Waals surface area contributed by atoms with Crippen LogP contribution in [0.15, 0.2) is 64.2 Å². The van der Waals surface area contributed by atoms with E-state index in [4.69, 9.17) is 10.2 Å². The molecule has 22 heavy (non-hydrogen) atoms. The fourth-order valence-corrected chi connectivity index (χ4v) is 2.95. The molecular weight excluding hydrogens is 310 g/mol. The van der Waals surface area contributed by atoms with Crippen molar-refractivity contribution in [2.45, 2.75) is 9.79 Å². The molecular formula is C14H11NO6S. The maximum absolute atomic E-state index is 12.3. The number of benzene rings is 1. The van der Waals surface area contributed by atoms with Crippen molar-refractivity contribution in [3.8, 4) is 0 Å². The van der Waals surface area contributed by atoms with Gasteiger partial charge in [-0.15, -0.1) is 0 Å². The number of hydrogen-bond donors (Lipinski definition) is 3. The lowest BCUT2D eigenvalue weighted by molar-refractivity contribution is -0.135. The molecule has 0 saturated heterocycles. The number of ketones is 1. The van der Waals surface area contributed by atoms with Gasteiger partial charge in [0.05, 0.1) is 15.5 Å². The van der Waals surface area contributed by atoms with Crippen molar-refractivity contribution in [3.63, 3.8) is 0 Å². The first kappa shape index (κ1) is 15.5. The summed E-state index contributed by atoms with van der Waals surface area (Å²) >= 11 is 0. The molecule has 2 rings (SSSR count). The van der Waals surface area contributed by atoms with Crippen LogP contribution in [0.1, 0.15) is 10.5 Å². The lowest BCUT2D eigenvalue weighted by Crippen LogP contribution is -2.04. The van der Waals surface area contributed by atoms with Crippen LogP contribution in [0.4, 0.5) is 0 Å².